The normalized spacial score (nSPS) is 10.9. The molecule has 0 bridgehead atoms. The van der Waals surface area contributed by atoms with E-state index >= 15 is 0 Å². The average molecular weight is 441 g/mol. The predicted octanol–water partition coefficient (Wildman–Crippen LogP) is 4.65. The van der Waals surface area contributed by atoms with Crippen molar-refractivity contribution in [1.82, 2.24) is 14.9 Å². The Morgan fingerprint density at radius 3 is 2.36 bits per heavy atom. The summed E-state index contributed by atoms with van der Waals surface area (Å²) in [6.07, 6.45) is 1.86. The van der Waals surface area contributed by atoms with Crippen LogP contribution in [0.25, 0.3) is 0 Å². The Morgan fingerprint density at radius 1 is 1.21 bits per heavy atom. The number of nitrogens with one attached hydrogen (secondary N) is 1. The molecule has 0 saturated heterocycles. The zero-order chi connectivity index (χ0) is 21.0. The van der Waals surface area contributed by atoms with Gasteiger partial charge in [0.15, 0.2) is 0 Å². The number of likely N-dealkylation sites (N-methyl/N-ethyl adjacent to an activating group) is 1. The molecule has 1 heterocycles. The number of hydrogen-bond donors (Lipinski definition) is 1. The van der Waals surface area contributed by atoms with Crippen molar-refractivity contribution in [2.45, 2.75) is 31.7 Å². The second kappa shape index (κ2) is 9.58. The monoisotopic (exact) mass is 440 g/mol. The molecule has 6 nitrogen and oxygen atoms in total. The maximum atomic E-state index is 12.9. The van der Waals surface area contributed by atoms with Crippen molar-refractivity contribution in [2.24, 2.45) is 0 Å². The van der Waals surface area contributed by atoms with E-state index in [0.717, 1.165) is 0 Å². The van der Waals surface area contributed by atoms with Crippen molar-refractivity contribution in [3.63, 3.8) is 0 Å². The second-order valence-electron chi connectivity index (χ2n) is 6.51. The summed E-state index contributed by atoms with van der Waals surface area (Å²) in [4.78, 5) is 35.6. The van der Waals surface area contributed by atoms with E-state index in [4.69, 9.17) is 23.2 Å². The average Bonchev–Trinajstić information content (AvgIpc) is 2.63. The van der Waals surface area contributed by atoms with Crippen LogP contribution in [0.3, 0.4) is 0 Å². The van der Waals surface area contributed by atoms with E-state index < -0.39 is 5.91 Å². The van der Waals surface area contributed by atoms with Crippen LogP contribution in [0.15, 0.2) is 23.2 Å². The molecule has 2 rings (SSSR count). The SMILES string of the molecule is CSc1nc(C(C)C)nc(C)c1C(=O)N(C)CC(=O)Nc1c(Cl)cccc1Cl. The maximum Gasteiger partial charge on any atom is 0.258 e. The van der Waals surface area contributed by atoms with Crippen molar-refractivity contribution in [2.75, 3.05) is 25.2 Å². The summed E-state index contributed by atoms with van der Waals surface area (Å²) in [7, 11) is 1.55. The van der Waals surface area contributed by atoms with Crippen LogP contribution in [0.5, 0.6) is 0 Å². The first-order valence-electron chi connectivity index (χ1n) is 8.57. The topological polar surface area (TPSA) is 75.2 Å². The number of carbonyl (C=O) groups is 2. The summed E-state index contributed by atoms with van der Waals surface area (Å²) < 4.78 is 0. The van der Waals surface area contributed by atoms with Gasteiger partial charge in [0.05, 0.1) is 33.5 Å². The summed E-state index contributed by atoms with van der Waals surface area (Å²) in [5.74, 6) is 0.108. The van der Waals surface area contributed by atoms with Gasteiger partial charge >= 0.3 is 0 Å². The first-order chi connectivity index (χ1) is 13.1. The number of hydrogen-bond acceptors (Lipinski definition) is 5. The smallest absolute Gasteiger partial charge is 0.258 e. The molecule has 2 aromatic rings. The highest BCUT2D eigenvalue weighted by atomic mass is 35.5. The number of aryl methyl sites for hydroxylation is 1. The number of rotatable bonds is 6. The van der Waals surface area contributed by atoms with E-state index in [2.05, 4.69) is 15.3 Å². The molecular weight excluding hydrogens is 419 g/mol. The quantitative estimate of drug-likeness (QED) is 0.522. The van der Waals surface area contributed by atoms with Gasteiger partial charge < -0.3 is 10.2 Å². The lowest BCUT2D eigenvalue weighted by atomic mass is 10.1. The Labute approximate surface area is 179 Å². The van der Waals surface area contributed by atoms with Crippen molar-refractivity contribution in [1.29, 1.82) is 0 Å². The van der Waals surface area contributed by atoms with Crippen LogP contribution in [0.1, 0.15) is 41.6 Å². The zero-order valence-electron chi connectivity index (χ0n) is 16.3. The van der Waals surface area contributed by atoms with Crippen LogP contribution in [0.4, 0.5) is 5.69 Å². The predicted molar refractivity (Wildman–Crippen MR) is 115 cm³/mol. The van der Waals surface area contributed by atoms with E-state index in [1.165, 1.54) is 16.7 Å². The van der Waals surface area contributed by atoms with E-state index in [1.807, 2.05) is 20.1 Å². The molecule has 1 aromatic heterocycles. The summed E-state index contributed by atoms with van der Waals surface area (Å²) in [5, 5.41) is 3.90. The standard InChI is InChI=1S/C19H22Cl2N4O2S/c1-10(2)17-22-11(3)15(18(24-17)28-5)19(27)25(4)9-14(26)23-16-12(20)7-6-8-13(16)21/h6-8,10H,9H2,1-5H3,(H,23,26). The third kappa shape index (κ3) is 5.16. The van der Waals surface area contributed by atoms with Crippen molar-refractivity contribution < 1.29 is 9.59 Å². The summed E-state index contributed by atoms with van der Waals surface area (Å²) >= 11 is 13.5. The van der Waals surface area contributed by atoms with Gasteiger partial charge in [-0.2, -0.15) is 0 Å². The van der Waals surface area contributed by atoms with Crippen LogP contribution >= 0.6 is 35.0 Å². The number of carbonyl (C=O) groups excluding carboxylic acids is 2. The molecule has 0 aliphatic heterocycles. The molecular formula is C19H22Cl2N4O2S. The van der Waals surface area contributed by atoms with Gasteiger partial charge in [-0.15, -0.1) is 11.8 Å². The number of benzene rings is 1. The van der Waals surface area contributed by atoms with Gasteiger partial charge in [0.25, 0.3) is 5.91 Å². The Balaban J connectivity index is 2.20. The molecule has 0 saturated carbocycles. The van der Waals surface area contributed by atoms with Gasteiger partial charge in [0, 0.05) is 13.0 Å². The fourth-order valence-corrected chi connectivity index (χ4v) is 3.61. The fraction of sp³-hybridized carbons (Fsp3) is 0.368. The molecule has 0 aliphatic carbocycles. The fourth-order valence-electron chi connectivity index (χ4n) is 2.49. The molecule has 1 N–H and O–H groups in total. The maximum absolute atomic E-state index is 12.9. The zero-order valence-corrected chi connectivity index (χ0v) is 18.7. The van der Waals surface area contributed by atoms with E-state index in [1.54, 1.807) is 32.2 Å². The highest BCUT2D eigenvalue weighted by Gasteiger charge is 2.24. The minimum Gasteiger partial charge on any atom is -0.332 e. The molecule has 0 spiro atoms. The molecule has 0 atom stereocenters. The number of amides is 2. The lowest BCUT2D eigenvalue weighted by molar-refractivity contribution is -0.116. The Hall–Kier alpha value is -1.83. The molecule has 9 heteroatoms. The summed E-state index contributed by atoms with van der Waals surface area (Å²) in [5.41, 5.74) is 1.32. The highest BCUT2D eigenvalue weighted by Crippen LogP contribution is 2.30. The number of anilines is 1. The van der Waals surface area contributed by atoms with Crippen LogP contribution in [0.2, 0.25) is 10.0 Å². The van der Waals surface area contributed by atoms with Gasteiger partial charge in [0.1, 0.15) is 10.9 Å². The lowest BCUT2D eigenvalue weighted by Gasteiger charge is -2.20. The van der Waals surface area contributed by atoms with Gasteiger partial charge in [-0.3, -0.25) is 9.59 Å². The van der Waals surface area contributed by atoms with Gasteiger partial charge in [-0.25, -0.2) is 9.97 Å². The van der Waals surface area contributed by atoms with Crippen molar-refractivity contribution >= 4 is 52.5 Å². The van der Waals surface area contributed by atoms with Gasteiger partial charge in [-0.05, 0) is 25.3 Å². The molecule has 0 aliphatic rings. The summed E-state index contributed by atoms with van der Waals surface area (Å²) in [6.45, 7) is 5.60. The van der Waals surface area contributed by atoms with Gasteiger partial charge in [0.2, 0.25) is 5.91 Å². The van der Waals surface area contributed by atoms with Crippen LogP contribution in [-0.4, -0.2) is 46.5 Å². The Kier molecular flexibility index (Phi) is 7.69. The number of halogens is 2. The van der Waals surface area contributed by atoms with Crippen LogP contribution in [-0.2, 0) is 4.79 Å². The van der Waals surface area contributed by atoms with E-state index in [-0.39, 0.29) is 18.4 Å². The molecule has 2 amide bonds. The minimum atomic E-state index is -0.408. The molecule has 28 heavy (non-hydrogen) atoms. The minimum absolute atomic E-state index is 0.151. The molecule has 1 aromatic carbocycles. The van der Waals surface area contributed by atoms with Gasteiger partial charge in [-0.1, -0.05) is 43.1 Å². The number of thioether (sulfide) groups is 1. The first kappa shape index (κ1) is 22.5. The molecule has 0 unspecified atom stereocenters. The largest absolute Gasteiger partial charge is 0.332 e. The molecule has 150 valence electrons. The van der Waals surface area contributed by atoms with Crippen molar-refractivity contribution in [3.8, 4) is 0 Å². The van der Waals surface area contributed by atoms with Crippen molar-refractivity contribution in [3.05, 3.63) is 45.3 Å². The third-order valence-electron chi connectivity index (χ3n) is 3.95. The second-order valence-corrected chi connectivity index (χ2v) is 8.12. The highest BCUT2D eigenvalue weighted by molar-refractivity contribution is 7.98. The Morgan fingerprint density at radius 2 is 1.82 bits per heavy atom. The first-order valence-corrected chi connectivity index (χ1v) is 10.6. The number of aromatic nitrogens is 2. The summed E-state index contributed by atoms with van der Waals surface area (Å²) in [6, 6.07) is 4.93. The lowest BCUT2D eigenvalue weighted by Crippen LogP contribution is -2.36. The van der Waals surface area contributed by atoms with E-state index in [9.17, 15) is 9.59 Å². The molecule has 0 radical (unpaired) electrons. The number of para-hydroxylation sites is 1. The Bertz CT molecular complexity index is 885. The number of nitrogens with zero attached hydrogens (tertiary/aromatic N) is 3. The third-order valence-corrected chi connectivity index (χ3v) is 5.26. The molecule has 0 fully saturated rings. The van der Waals surface area contributed by atoms with Crippen LogP contribution < -0.4 is 5.32 Å². The van der Waals surface area contributed by atoms with Crippen LogP contribution in [0, 0.1) is 6.92 Å². The van der Waals surface area contributed by atoms with E-state index in [0.29, 0.717) is 37.8 Å².